The maximum atomic E-state index is 5.92. The van der Waals surface area contributed by atoms with Gasteiger partial charge in [-0.1, -0.05) is 12.1 Å². The van der Waals surface area contributed by atoms with Crippen LogP contribution in [0.3, 0.4) is 0 Å². The van der Waals surface area contributed by atoms with Gasteiger partial charge >= 0.3 is 0 Å². The van der Waals surface area contributed by atoms with Gasteiger partial charge < -0.3 is 14.8 Å². The maximum Gasteiger partial charge on any atom is 0.161 e. The summed E-state index contributed by atoms with van der Waals surface area (Å²) in [6.07, 6.45) is 1.54. The summed E-state index contributed by atoms with van der Waals surface area (Å²) in [4.78, 5) is 8.53. The van der Waals surface area contributed by atoms with E-state index in [4.69, 9.17) is 9.47 Å². The first-order valence-corrected chi connectivity index (χ1v) is 7.59. The molecular weight excluding hydrogens is 286 g/mol. The third-order valence-corrected chi connectivity index (χ3v) is 4.22. The highest BCUT2D eigenvalue weighted by atomic mass is 32.1. The van der Waals surface area contributed by atoms with Gasteiger partial charge in [0.2, 0.25) is 0 Å². The molecule has 5 nitrogen and oxygen atoms in total. The normalized spacial score (nSPS) is 16.9. The summed E-state index contributed by atoms with van der Waals surface area (Å²) in [7, 11) is 0. The van der Waals surface area contributed by atoms with Crippen LogP contribution in [0, 0.1) is 0 Å². The Bertz CT molecular complexity index is 774. The zero-order valence-electron chi connectivity index (χ0n) is 11.2. The topological polar surface area (TPSA) is 56.3 Å². The van der Waals surface area contributed by atoms with Crippen LogP contribution in [-0.4, -0.2) is 29.2 Å². The zero-order chi connectivity index (χ0) is 14.1. The first-order valence-electron chi connectivity index (χ1n) is 6.71. The van der Waals surface area contributed by atoms with Crippen LogP contribution >= 0.6 is 11.3 Å². The van der Waals surface area contributed by atoms with Crippen molar-refractivity contribution in [1.29, 1.82) is 0 Å². The van der Waals surface area contributed by atoms with E-state index in [1.807, 2.05) is 35.7 Å². The van der Waals surface area contributed by atoms with Crippen molar-refractivity contribution >= 4 is 27.4 Å². The number of thiophene rings is 1. The number of benzene rings is 1. The second kappa shape index (κ2) is 5.21. The number of anilines is 1. The molecule has 0 fully saturated rings. The summed E-state index contributed by atoms with van der Waals surface area (Å²) < 4.78 is 12.7. The van der Waals surface area contributed by atoms with Crippen LogP contribution in [0.4, 0.5) is 5.82 Å². The number of rotatable bonds is 3. The lowest BCUT2D eigenvalue weighted by atomic mass is 10.2. The zero-order valence-corrected chi connectivity index (χ0v) is 12.0. The summed E-state index contributed by atoms with van der Waals surface area (Å²) in [6.45, 7) is 1.17. The molecule has 6 heteroatoms. The highest BCUT2D eigenvalue weighted by Gasteiger charge is 2.20. The van der Waals surface area contributed by atoms with Crippen LogP contribution in [0.2, 0.25) is 0 Å². The van der Waals surface area contributed by atoms with E-state index in [0.717, 1.165) is 27.5 Å². The SMILES string of the molecule is c1ccc2c(c1)OC[C@@H](CNc1ncnc3ccsc13)O2. The molecule has 1 aliphatic heterocycles. The van der Waals surface area contributed by atoms with Crippen LogP contribution in [0.15, 0.2) is 42.0 Å². The monoisotopic (exact) mass is 299 g/mol. The molecule has 4 rings (SSSR count). The predicted molar refractivity (Wildman–Crippen MR) is 82.3 cm³/mol. The van der Waals surface area contributed by atoms with Crippen LogP contribution in [0.1, 0.15) is 0 Å². The Morgan fingerprint density at radius 3 is 3.05 bits per heavy atom. The van der Waals surface area contributed by atoms with Crippen LogP contribution in [-0.2, 0) is 0 Å². The molecule has 2 aromatic heterocycles. The molecule has 1 aromatic carbocycles. The average molecular weight is 299 g/mol. The number of nitrogens with zero attached hydrogens (tertiary/aromatic N) is 2. The molecule has 0 spiro atoms. The molecule has 106 valence electrons. The summed E-state index contributed by atoms with van der Waals surface area (Å²) in [5.74, 6) is 2.44. The molecule has 3 aromatic rings. The highest BCUT2D eigenvalue weighted by Crippen LogP contribution is 2.31. The molecule has 0 unspecified atom stereocenters. The summed E-state index contributed by atoms with van der Waals surface area (Å²) in [5, 5.41) is 5.34. The summed E-state index contributed by atoms with van der Waals surface area (Å²) in [5.41, 5.74) is 0.962. The quantitative estimate of drug-likeness (QED) is 0.806. The van der Waals surface area contributed by atoms with Crippen molar-refractivity contribution < 1.29 is 9.47 Å². The Labute approximate surface area is 125 Å². The van der Waals surface area contributed by atoms with Crippen molar-refractivity contribution in [1.82, 2.24) is 9.97 Å². The minimum atomic E-state index is -0.0372. The van der Waals surface area contributed by atoms with Gasteiger partial charge in [-0.25, -0.2) is 9.97 Å². The molecular formula is C15H13N3O2S. The van der Waals surface area contributed by atoms with Crippen LogP contribution in [0.25, 0.3) is 10.2 Å². The molecule has 1 atom stereocenters. The largest absolute Gasteiger partial charge is 0.486 e. The number of ether oxygens (including phenoxy) is 2. The minimum absolute atomic E-state index is 0.0372. The molecule has 0 saturated carbocycles. The van der Waals surface area contributed by atoms with Crippen molar-refractivity contribution in [2.24, 2.45) is 0 Å². The summed E-state index contributed by atoms with van der Waals surface area (Å²) in [6, 6.07) is 9.71. The Morgan fingerprint density at radius 2 is 2.10 bits per heavy atom. The number of aromatic nitrogens is 2. The van der Waals surface area contributed by atoms with E-state index in [1.54, 1.807) is 17.7 Å². The van der Waals surface area contributed by atoms with Gasteiger partial charge in [0, 0.05) is 0 Å². The number of hydrogen-bond donors (Lipinski definition) is 1. The van der Waals surface area contributed by atoms with Gasteiger partial charge in [0.1, 0.15) is 24.9 Å². The third kappa shape index (κ3) is 2.38. The average Bonchev–Trinajstić information content (AvgIpc) is 3.02. The predicted octanol–water partition coefficient (Wildman–Crippen LogP) is 2.94. The van der Waals surface area contributed by atoms with Crippen LogP contribution < -0.4 is 14.8 Å². The lowest BCUT2D eigenvalue weighted by Gasteiger charge is -2.26. The first-order chi connectivity index (χ1) is 10.4. The number of para-hydroxylation sites is 2. The van der Waals surface area contributed by atoms with Crippen LogP contribution in [0.5, 0.6) is 11.5 Å². The fourth-order valence-corrected chi connectivity index (χ4v) is 3.10. The van der Waals surface area contributed by atoms with Crippen molar-refractivity contribution in [2.45, 2.75) is 6.10 Å². The van der Waals surface area contributed by atoms with Gasteiger partial charge in [-0.3, -0.25) is 0 Å². The van der Waals surface area contributed by atoms with E-state index in [0.29, 0.717) is 13.2 Å². The lowest BCUT2D eigenvalue weighted by Crippen LogP contribution is -2.35. The molecule has 1 N–H and O–H groups in total. The van der Waals surface area contributed by atoms with Gasteiger partial charge in [-0.2, -0.15) is 0 Å². The van der Waals surface area contributed by atoms with E-state index >= 15 is 0 Å². The molecule has 0 radical (unpaired) electrons. The van der Waals surface area contributed by atoms with E-state index in [2.05, 4.69) is 15.3 Å². The highest BCUT2D eigenvalue weighted by molar-refractivity contribution is 7.17. The maximum absolute atomic E-state index is 5.92. The van der Waals surface area contributed by atoms with E-state index in [9.17, 15) is 0 Å². The molecule has 0 amide bonds. The third-order valence-electron chi connectivity index (χ3n) is 3.31. The Balaban J connectivity index is 1.47. The number of nitrogens with one attached hydrogen (secondary N) is 1. The Morgan fingerprint density at radius 1 is 1.19 bits per heavy atom. The van der Waals surface area contributed by atoms with Crippen molar-refractivity contribution in [3.63, 3.8) is 0 Å². The van der Waals surface area contributed by atoms with Gasteiger partial charge in [-0.15, -0.1) is 11.3 Å². The van der Waals surface area contributed by atoms with Gasteiger partial charge in [0.25, 0.3) is 0 Å². The molecule has 3 heterocycles. The molecule has 0 saturated heterocycles. The first kappa shape index (κ1) is 12.4. The molecule has 21 heavy (non-hydrogen) atoms. The number of hydrogen-bond acceptors (Lipinski definition) is 6. The second-order valence-corrected chi connectivity index (χ2v) is 5.65. The van der Waals surface area contributed by atoms with E-state index in [1.165, 1.54) is 0 Å². The standard InChI is InChI=1S/C15H13N3O2S/c1-2-4-13-12(3-1)19-8-10(20-13)7-16-15-14-11(5-6-21-14)17-9-18-15/h1-6,9-10H,7-8H2,(H,16,17,18)/t10-/m1/s1. The van der Waals surface area contributed by atoms with Crippen molar-refractivity contribution in [2.75, 3.05) is 18.5 Å². The van der Waals surface area contributed by atoms with E-state index in [-0.39, 0.29) is 6.10 Å². The smallest absolute Gasteiger partial charge is 0.161 e. The van der Waals surface area contributed by atoms with Gasteiger partial charge in [0.05, 0.1) is 16.8 Å². The fourth-order valence-electron chi connectivity index (χ4n) is 2.29. The molecule has 1 aliphatic rings. The van der Waals surface area contributed by atoms with Gasteiger partial charge in [0.15, 0.2) is 11.5 Å². The Hall–Kier alpha value is -2.34. The van der Waals surface area contributed by atoms with Gasteiger partial charge in [-0.05, 0) is 23.6 Å². The van der Waals surface area contributed by atoms with Crippen molar-refractivity contribution in [3.05, 3.63) is 42.0 Å². The van der Waals surface area contributed by atoms with E-state index < -0.39 is 0 Å². The van der Waals surface area contributed by atoms with Crippen molar-refractivity contribution in [3.8, 4) is 11.5 Å². The second-order valence-electron chi connectivity index (χ2n) is 4.74. The minimum Gasteiger partial charge on any atom is -0.486 e. The number of fused-ring (bicyclic) bond motifs is 2. The fraction of sp³-hybridized carbons (Fsp3) is 0.200. The molecule has 0 bridgehead atoms. The Kier molecular flexibility index (Phi) is 3.08. The summed E-state index contributed by atoms with van der Waals surface area (Å²) >= 11 is 1.63. The lowest BCUT2D eigenvalue weighted by molar-refractivity contribution is 0.0997. The molecule has 0 aliphatic carbocycles.